The monoisotopic (exact) mass is 228 g/mol. The number of carboxylic acids is 1. The minimum absolute atomic E-state index is 0.00458. The van der Waals surface area contributed by atoms with Gasteiger partial charge in [-0.25, -0.2) is 9.36 Å². The summed E-state index contributed by atoms with van der Waals surface area (Å²) in [5, 5.41) is 16.5. The molecule has 0 fully saturated rings. The minimum Gasteiger partial charge on any atom is -0.478 e. The summed E-state index contributed by atoms with van der Waals surface area (Å²) in [6.45, 7) is 1.50. The van der Waals surface area contributed by atoms with Crippen molar-refractivity contribution in [1.82, 2.24) is 0 Å². The Hall–Kier alpha value is -0.720. The van der Waals surface area contributed by atoms with Crippen molar-refractivity contribution < 1.29 is 34.3 Å². The summed E-state index contributed by atoms with van der Waals surface area (Å²) in [6.07, 6.45) is 1.90. The fourth-order valence-corrected chi connectivity index (χ4v) is 0.368. The average Bonchev–Trinajstić information content (AvgIpc) is 1.96. The van der Waals surface area contributed by atoms with Crippen molar-refractivity contribution >= 4 is 13.8 Å². The molecule has 84 valence electrons. The maximum Gasteiger partial charge on any atom is 0.466 e. The van der Waals surface area contributed by atoms with Crippen LogP contribution in [-0.2, 0) is 9.36 Å². The van der Waals surface area contributed by atoms with E-state index in [1.54, 1.807) is 0 Å². The van der Waals surface area contributed by atoms with Gasteiger partial charge in [-0.2, -0.15) is 0 Å². The first-order chi connectivity index (χ1) is 6.18. The number of carboxylic acid groups (broad SMARTS) is 1. The van der Waals surface area contributed by atoms with Gasteiger partial charge in [-0.3, -0.25) is 0 Å². The average molecular weight is 228 g/mol. The van der Waals surface area contributed by atoms with Crippen LogP contribution in [0.1, 0.15) is 13.3 Å². The maximum atomic E-state index is 10.1. The second kappa shape index (κ2) is 7.66. The van der Waals surface area contributed by atoms with E-state index in [9.17, 15) is 4.79 Å². The molecule has 14 heavy (non-hydrogen) atoms. The van der Waals surface area contributed by atoms with Crippen LogP contribution in [0.15, 0.2) is 11.6 Å². The Balaban J connectivity index is 0. The van der Waals surface area contributed by atoms with Gasteiger partial charge >= 0.3 is 13.8 Å². The third-order valence-corrected chi connectivity index (χ3v) is 0.917. The lowest BCUT2D eigenvalue weighted by Gasteiger charge is -1.89. The van der Waals surface area contributed by atoms with E-state index in [0.717, 1.165) is 0 Å². The summed E-state index contributed by atoms with van der Waals surface area (Å²) in [5.41, 5.74) is 0.282. The molecule has 0 bridgehead atoms. The van der Waals surface area contributed by atoms with Gasteiger partial charge in [-0.1, -0.05) is 6.08 Å². The molecule has 0 aliphatic rings. The summed E-state index contributed by atoms with van der Waals surface area (Å²) < 4.78 is 8.88. The SMILES string of the molecule is C/C(=C\CCO)C(=O)O.O=P(O)(O)O. The highest BCUT2D eigenvalue weighted by Crippen LogP contribution is 2.25. The molecule has 0 spiro atoms. The molecule has 0 amide bonds. The standard InChI is InChI=1S/C6H10O3.H3O4P/c1-5(6(8)9)3-2-4-7;1-5(2,3)4/h3,7H,2,4H2,1H3,(H,8,9);(H3,1,2,3,4)/b5-3+;. The summed E-state index contributed by atoms with van der Waals surface area (Å²) >= 11 is 0. The van der Waals surface area contributed by atoms with Crippen molar-refractivity contribution in [2.24, 2.45) is 0 Å². The zero-order valence-electron chi connectivity index (χ0n) is 7.49. The van der Waals surface area contributed by atoms with Gasteiger partial charge in [0.2, 0.25) is 0 Å². The first-order valence-electron chi connectivity index (χ1n) is 3.47. The number of rotatable bonds is 3. The van der Waals surface area contributed by atoms with Gasteiger partial charge in [0.05, 0.1) is 0 Å². The Bertz CT molecular complexity index is 232. The Morgan fingerprint density at radius 1 is 1.36 bits per heavy atom. The quantitative estimate of drug-likeness (QED) is 0.323. The summed E-state index contributed by atoms with van der Waals surface area (Å²) in [6, 6.07) is 0. The number of phosphoric acid groups is 1. The summed E-state index contributed by atoms with van der Waals surface area (Å²) in [7, 11) is -4.64. The third kappa shape index (κ3) is 22.5. The second-order valence-electron chi connectivity index (χ2n) is 2.22. The fraction of sp³-hybridized carbons (Fsp3) is 0.500. The molecule has 0 atom stereocenters. The Morgan fingerprint density at radius 3 is 1.93 bits per heavy atom. The van der Waals surface area contributed by atoms with Gasteiger partial charge in [0, 0.05) is 12.2 Å². The number of carbonyl (C=O) groups is 1. The number of aliphatic hydroxyl groups is 1. The molecule has 0 unspecified atom stereocenters. The lowest BCUT2D eigenvalue weighted by Crippen LogP contribution is -1.95. The van der Waals surface area contributed by atoms with Gasteiger partial charge in [0.1, 0.15) is 0 Å². The molecular weight excluding hydrogens is 215 g/mol. The largest absolute Gasteiger partial charge is 0.478 e. The third-order valence-electron chi connectivity index (χ3n) is 0.917. The van der Waals surface area contributed by atoms with Crippen molar-refractivity contribution in [3.63, 3.8) is 0 Å². The van der Waals surface area contributed by atoms with Gasteiger partial charge in [-0.15, -0.1) is 0 Å². The molecule has 8 heteroatoms. The van der Waals surface area contributed by atoms with E-state index < -0.39 is 13.8 Å². The van der Waals surface area contributed by atoms with E-state index in [0.29, 0.717) is 6.42 Å². The van der Waals surface area contributed by atoms with Gasteiger partial charge in [0.25, 0.3) is 0 Å². The highest BCUT2D eigenvalue weighted by molar-refractivity contribution is 7.45. The molecule has 0 saturated heterocycles. The lowest BCUT2D eigenvalue weighted by molar-refractivity contribution is -0.132. The van der Waals surface area contributed by atoms with Crippen molar-refractivity contribution in [2.75, 3.05) is 6.61 Å². The van der Waals surface area contributed by atoms with Crippen molar-refractivity contribution in [3.8, 4) is 0 Å². The van der Waals surface area contributed by atoms with Crippen LogP contribution in [0.2, 0.25) is 0 Å². The molecule has 0 aliphatic heterocycles. The Morgan fingerprint density at radius 2 is 1.71 bits per heavy atom. The number of hydrogen-bond donors (Lipinski definition) is 5. The number of hydrogen-bond acceptors (Lipinski definition) is 3. The van der Waals surface area contributed by atoms with Crippen LogP contribution in [-0.4, -0.2) is 37.5 Å². The highest BCUT2D eigenvalue weighted by atomic mass is 31.2. The lowest BCUT2D eigenvalue weighted by atomic mass is 10.2. The molecule has 7 nitrogen and oxygen atoms in total. The molecule has 0 saturated carbocycles. The van der Waals surface area contributed by atoms with E-state index in [1.807, 2.05) is 0 Å². The first-order valence-corrected chi connectivity index (χ1v) is 5.04. The predicted octanol–water partition coefficient (Wildman–Crippen LogP) is -0.529. The zero-order chi connectivity index (χ0) is 11.8. The molecule has 0 aromatic carbocycles. The number of aliphatic hydroxyl groups excluding tert-OH is 1. The molecule has 0 aromatic rings. The molecule has 5 N–H and O–H groups in total. The Labute approximate surface area is 80.6 Å². The molecule has 0 rings (SSSR count). The minimum atomic E-state index is -4.64. The van der Waals surface area contributed by atoms with Crippen LogP contribution in [0.4, 0.5) is 0 Å². The van der Waals surface area contributed by atoms with Gasteiger partial charge in [-0.05, 0) is 13.3 Å². The zero-order valence-corrected chi connectivity index (χ0v) is 8.39. The normalized spacial score (nSPS) is 11.6. The van der Waals surface area contributed by atoms with E-state index in [-0.39, 0.29) is 12.2 Å². The number of aliphatic carboxylic acids is 1. The highest BCUT2D eigenvalue weighted by Gasteiger charge is 2.00. The van der Waals surface area contributed by atoms with Crippen LogP contribution in [0.5, 0.6) is 0 Å². The van der Waals surface area contributed by atoms with Crippen LogP contribution >= 0.6 is 7.82 Å². The van der Waals surface area contributed by atoms with Crippen LogP contribution in [0.3, 0.4) is 0 Å². The molecule has 0 heterocycles. The van der Waals surface area contributed by atoms with Crippen LogP contribution in [0.25, 0.3) is 0 Å². The Kier molecular flexibility index (Phi) is 8.61. The predicted molar refractivity (Wildman–Crippen MR) is 47.4 cm³/mol. The van der Waals surface area contributed by atoms with E-state index in [4.69, 9.17) is 29.5 Å². The maximum absolute atomic E-state index is 10.1. The summed E-state index contributed by atoms with van der Waals surface area (Å²) in [4.78, 5) is 31.6. The molecular formula is C6H13O7P. The summed E-state index contributed by atoms with van der Waals surface area (Å²) in [5.74, 6) is -0.927. The topological polar surface area (TPSA) is 135 Å². The van der Waals surface area contributed by atoms with E-state index >= 15 is 0 Å². The van der Waals surface area contributed by atoms with Gasteiger partial charge < -0.3 is 24.9 Å². The van der Waals surface area contributed by atoms with Crippen LogP contribution < -0.4 is 0 Å². The van der Waals surface area contributed by atoms with E-state index in [2.05, 4.69) is 0 Å². The van der Waals surface area contributed by atoms with Gasteiger partial charge in [0.15, 0.2) is 0 Å². The molecule has 0 aromatic heterocycles. The molecule has 0 aliphatic carbocycles. The van der Waals surface area contributed by atoms with Crippen molar-refractivity contribution in [1.29, 1.82) is 0 Å². The second-order valence-corrected chi connectivity index (χ2v) is 3.24. The van der Waals surface area contributed by atoms with Crippen molar-refractivity contribution in [2.45, 2.75) is 13.3 Å². The molecule has 0 radical (unpaired) electrons. The smallest absolute Gasteiger partial charge is 0.466 e. The van der Waals surface area contributed by atoms with Crippen LogP contribution in [0, 0.1) is 0 Å². The van der Waals surface area contributed by atoms with Crippen molar-refractivity contribution in [3.05, 3.63) is 11.6 Å². The van der Waals surface area contributed by atoms with E-state index in [1.165, 1.54) is 13.0 Å². The fourth-order valence-electron chi connectivity index (χ4n) is 0.368. The first kappa shape index (κ1) is 15.7.